The van der Waals surface area contributed by atoms with Crippen molar-refractivity contribution >= 4 is 28.9 Å². The molecule has 0 aromatic heterocycles. The lowest BCUT2D eigenvalue weighted by Gasteiger charge is -2.12. The van der Waals surface area contributed by atoms with Crippen molar-refractivity contribution in [3.8, 4) is 11.5 Å². The van der Waals surface area contributed by atoms with Crippen LogP contribution < -0.4 is 20.5 Å². The van der Waals surface area contributed by atoms with E-state index in [1.54, 1.807) is 37.4 Å². The number of amides is 1. The first-order chi connectivity index (χ1) is 10.0. The molecule has 1 amide bonds. The van der Waals surface area contributed by atoms with Gasteiger partial charge in [0.25, 0.3) is 5.91 Å². The van der Waals surface area contributed by atoms with E-state index in [0.29, 0.717) is 33.5 Å². The van der Waals surface area contributed by atoms with E-state index < -0.39 is 0 Å². The van der Waals surface area contributed by atoms with E-state index in [1.807, 2.05) is 0 Å². The van der Waals surface area contributed by atoms with Crippen LogP contribution in [-0.4, -0.2) is 20.1 Å². The number of hydrogen-bond acceptors (Lipinski definition) is 4. The molecule has 0 fully saturated rings. The summed E-state index contributed by atoms with van der Waals surface area (Å²) in [5.41, 5.74) is 6.94. The summed E-state index contributed by atoms with van der Waals surface area (Å²) in [7, 11) is 3.07. The summed E-state index contributed by atoms with van der Waals surface area (Å²) in [4.78, 5) is 12.3. The third-order valence-corrected chi connectivity index (χ3v) is 3.15. The van der Waals surface area contributed by atoms with Crippen LogP contribution in [0.2, 0.25) is 5.02 Å². The number of nitrogen functional groups attached to an aromatic ring is 1. The molecule has 0 aliphatic carbocycles. The highest BCUT2D eigenvalue weighted by molar-refractivity contribution is 6.31. The van der Waals surface area contributed by atoms with Crippen molar-refractivity contribution in [3.05, 3.63) is 47.0 Å². The molecular formula is C15H15ClN2O3. The predicted molar refractivity (Wildman–Crippen MR) is 83.4 cm³/mol. The van der Waals surface area contributed by atoms with E-state index in [-0.39, 0.29) is 5.91 Å². The summed E-state index contributed by atoms with van der Waals surface area (Å²) >= 11 is 5.82. The van der Waals surface area contributed by atoms with Gasteiger partial charge in [-0.3, -0.25) is 4.79 Å². The van der Waals surface area contributed by atoms with Gasteiger partial charge < -0.3 is 20.5 Å². The van der Waals surface area contributed by atoms with Gasteiger partial charge in [-0.1, -0.05) is 11.6 Å². The van der Waals surface area contributed by atoms with Gasteiger partial charge in [-0.2, -0.15) is 0 Å². The highest BCUT2D eigenvalue weighted by Crippen LogP contribution is 2.30. The number of carbonyl (C=O) groups is 1. The van der Waals surface area contributed by atoms with E-state index in [1.165, 1.54) is 13.2 Å². The largest absolute Gasteiger partial charge is 0.497 e. The Balaban J connectivity index is 2.30. The molecule has 0 heterocycles. The van der Waals surface area contributed by atoms with Crippen LogP contribution in [0.5, 0.6) is 11.5 Å². The molecular weight excluding hydrogens is 292 g/mol. The van der Waals surface area contributed by atoms with Crippen LogP contribution in [0.4, 0.5) is 11.4 Å². The molecule has 6 heteroatoms. The van der Waals surface area contributed by atoms with Crippen molar-refractivity contribution in [1.82, 2.24) is 0 Å². The number of anilines is 2. The molecule has 21 heavy (non-hydrogen) atoms. The molecule has 2 rings (SSSR count). The zero-order chi connectivity index (χ0) is 15.4. The minimum absolute atomic E-state index is 0.307. The molecule has 2 aromatic carbocycles. The Morgan fingerprint density at radius 1 is 1.14 bits per heavy atom. The van der Waals surface area contributed by atoms with Gasteiger partial charge in [0.1, 0.15) is 11.5 Å². The topological polar surface area (TPSA) is 73.6 Å². The summed E-state index contributed by atoms with van der Waals surface area (Å²) in [5.74, 6) is 0.780. The van der Waals surface area contributed by atoms with Gasteiger partial charge in [0.2, 0.25) is 0 Å². The van der Waals surface area contributed by atoms with E-state index >= 15 is 0 Å². The van der Waals surface area contributed by atoms with E-state index in [0.717, 1.165) is 0 Å². The molecule has 0 atom stereocenters. The van der Waals surface area contributed by atoms with Crippen molar-refractivity contribution < 1.29 is 14.3 Å². The molecule has 0 bridgehead atoms. The monoisotopic (exact) mass is 306 g/mol. The van der Waals surface area contributed by atoms with Gasteiger partial charge in [-0.25, -0.2) is 0 Å². The van der Waals surface area contributed by atoms with Gasteiger partial charge in [0, 0.05) is 16.8 Å². The lowest BCUT2D eigenvalue weighted by molar-refractivity contribution is 0.102. The highest BCUT2D eigenvalue weighted by atomic mass is 35.5. The summed E-state index contributed by atoms with van der Waals surface area (Å²) in [5, 5.41) is 3.22. The van der Waals surface area contributed by atoms with Crippen LogP contribution in [0.3, 0.4) is 0 Å². The van der Waals surface area contributed by atoms with Crippen LogP contribution in [0.15, 0.2) is 36.4 Å². The second-order valence-corrected chi connectivity index (χ2v) is 4.69. The van der Waals surface area contributed by atoms with Gasteiger partial charge in [-0.05, 0) is 30.3 Å². The Labute approximate surface area is 127 Å². The number of benzene rings is 2. The molecule has 0 saturated carbocycles. The fourth-order valence-electron chi connectivity index (χ4n) is 1.84. The van der Waals surface area contributed by atoms with Crippen molar-refractivity contribution in [2.75, 3.05) is 25.3 Å². The maximum atomic E-state index is 12.3. The SMILES string of the molecule is COc1ccc(OC)c(NC(=O)c2ccc(Cl)cc2N)c1. The maximum absolute atomic E-state index is 12.3. The third-order valence-electron chi connectivity index (χ3n) is 2.91. The smallest absolute Gasteiger partial charge is 0.257 e. The molecule has 0 radical (unpaired) electrons. The Kier molecular flexibility index (Phi) is 4.55. The number of hydrogen-bond donors (Lipinski definition) is 2. The molecule has 0 spiro atoms. The normalized spacial score (nSPS) is 10.0. The molecule has 0 aliphatic rings. The summed E-state index contributed by atoms with van der Waals surface area (Å²) in [6.07, 6.45) is 0. The number of halogens is 1. The van der Waals surface area contributed by atoms with Crippen molar-refractivity contribution in [2.24, 2.45) is 0 Å². The van der Waals surface area contributed by atoms with Crippen LogP contribution in [0, 0.1) is 0 Å². The minimum atomic E-state index is -0.351. The fourth-order valence-corrected chi connectivity index (χ4v) is 2.02. The number of ether oxygens (including phenoxy) is 2. The molecule has 110 valence electrons. The number of methoxy groups -OCH3 is 2. The average molecular weight is 307 g/mol. The summed E-state index contributed by atoms with van der Waals surface area (Å²) < 4.78 is 10.3. The third kappa shape index (κ3) is 3.38. The first-order valence-electron chi connectivity index (χ1n) is 6.13. The van der Waals surface area contributed by atoms with Crippen molar-refractivity contribution in [2.45, 2.75) is 0 Å². The van der Waals surface area contributed by atoms with E-state index in [2.05, 4.69) is 5.32 Å². The van der Waals surface area contributed by atoms with Gasteiger partial charge in [-0.15, -0.1) is 0 Å². The highest BCUT2D eigenvalue weighted by Gasteiger charge is 2.13. The molecule has 0 aliphatic heterocycles. The Morgan fingerprint density at radius 2 is 1.90 bits per heavy atom. The van der Waals surface area contributed by atoms with Crippen LogP contribution in [-0.2, 0) is 0 Å². The lowest BCUT2D eigenvalue weighted by Crippen LogP contribution is -2.14. The summed E-state index contributed by atoms with van der Waals surface area (Å²) in [6, 6.07) is 9.82. The Morgan fingerprint density at radius 3 is 2.52 bits per heavy atom. The van der Waals surface area contributed by atoms with E-state index in [9.17, 15) is 4.79 Å². The Hall–Kier alpha value is -2.40. The summed E-state index contributed by atoms with van der Waals surface area (Å²) in [6.45, 7) is 0. The van der Waals surface area contributed by atoms with Crippen LogP contribution in [0.25, 0.3) is 0 Å². The van der Waals surface area contributed by atoms with Gasteiger partial charge in [0.15, 0.2) is 0 Å². The fraction of sp³-hybridized carbons (Fsp3) is 0.133. The molecule has 3 N–H and O–H groups in total. The molecule has 0 saturated heterocycles. The quantitative estimate of drug-likeness (QED) is 0.851. The first kappa shape index (κ1) is 15.0. The van der Waals surface area contributed by atoms with Crippen molar-refractivity contribution in [1.29, 1.82) is 0 Å². The second kappa shape index (κ2) is 6.37. The van der Waals surface area contributed by atoms with Crippen LogP contribution >= 0.6 is 11.6 Å². The minimum Gasteiger partial charge on any atom is -0.497 e. The molecule has 0 unspecified atom stereocenters. The second-order valence-electron chi connectivity index (χ2n) is 4.25. The first-order valence-corrected chi connectivity index (χ1v) is 6.51. The van der Waals surface area contributed by atoms with Crippen LogP contribution in [0.1, 0.15) is 10.4 Å². The van der Waals surface area contributed by atoms with Gasteiger partial charge >= 0.3 is 0 Å². The number of nitrogens with one attached hydrogen (secondary N) is 1. The maximum Gasteiger partial charge on any atom is 0.257 e. The molecule has 5 nitrogen and oxygen atoms in total. The Bertz CT molecular complexity index is 674. The zero-order valence-electron chi connectivity index (χ0n) is 11.6. The number of nitrogens with two attached hydrogens (primary N) is 1. The van der Waals surface area contributed by atoms with Gasteiger partial charge in [0.05, 0.1) is 25.5 Å². The zero-order valence-corrected chi connectivity index (χ0v) is 12.4. The van der Waals surface area contributed by atoms with E-state index in [4.69, 9.17) is 26.8 Å². The standard InChI is InChI=1S/C15H15ClN2O3/c1-20-10-4-6-14(21-2)13(8-10)18-15(19)11-5-3-9(16)7-12(11)17/h3-8H,17H2,1-2H3,(H,18,19). The number of carbonyl (C=O) groups excluding carboxylic acids is 1. The average Bonchev–Trinajstić information content (AvgIpc) is 2.46. The number of rotatable bonds is 4. The van der Waals surface area contributed by atoms with Crippen molar-refractivity contribution in [3.63, 3.8) is 0 Å². The lowest BCUT2D eigenvalue weighted by atomic mass is 10.1. The molecule has 2 aromatic rings. The predicted octanol–water partition coefficient (Wildman–Crippen LogP) is 3.19.